The summed E-state index contributed by atoms with van der Waals surface area (Å²) in [4.78, 5) is 26.9. The highest BCUT2D eigenvalue weighted by Crippen LogP contribution is 2.36. The Labute approximate surface area is 167 Å². The lowest BCUT2D eigenvalue weighted by Gasteiger charge is -2.25. The van der Waals surface area contributed by atoms with E-state index in [1.165, 1.54) is 6.08 Å². The van der Waals surface area contributed by atoms with Gasteiger partial charge in [0.15, 0.2) is 0 Å². The topological polar surface area (TPSA) is 46.6 Å². The summed E-state index contributed by atoms with van der Waals surface area (Å²) in [5, 5.41) is 3.86. The molecule has 0 spiro atoms. The number of carbonyl (C=O) groups excluding carboxylic acids is 2. The van der Waals surface area contributed by atoms with Crippen LogP contribution < -0.4 is 4.74 Å². The zero-order chi connectivity index (χ0) is 20.0. The van der Waals surface area contributed by atoms with Gasteiger partial charge in [-0.25, -0.2) is 4.90 Å². The molecule has 0 radical (unpaired) electrons. The molecule has 1 unspecified atom stereocenters. The molecule has 0 bridgehead atoms. The fraction of sp³-hybridized carbons (Fsp3) is 0.0400. The molecule has 5 rings (SSSR count). The van der Waals surface area contributed by atoms with E-state index in [4.69, 9.17) is 4.74 Å². The molecule has 0 fully saturated rings. The van der Waals surface area contributed by atoms with Gasteiger partial charge in [-0.1, -0.05) is 67.2 Å². The van der Waals surface area contributed by atoms with E-state index in [0.29, 0.717) is 16.9 Å². The zero-order valence-electron chi connectivity index (χ0n) is 15.5. The molecule has 140 valence electrons. The minimum atomic E-state index is -0.920. The molecule has 0 aliphatic carbocycles. The smallest absolute Gasteiger partial charge is 0.264 e. The number of benzene rings is 4. The number of imide groups is 1. The Balaban J connectivity index is 1.64. The predicted octanol–water partition coefficient (Wildman–Crippen LogP) is 5.18. The molecule has 4 nitrogen and oxygen atoms in total. The minimum absolute atomic E-state index is 0.375. The van der Waals surface area contributed by atoms with E-state index in [-0.39, 0.29) is 11.8 Å². The highest BCUT2D eigenvalue weighted by Gasteiger charge is 2.40. The largest absolute Gasteiger partial charge is 0.465 e. The average Bonchev–Trinajstić information content (AvgIpc) is 3.02. The Morgan fingerprint density at radius 3 is 1.76 bits per heavy atom. The van der Waals surface area contributed by atoms with Crippen LogP contribution >= 0.6 is 0 Å². The number of fused-ring (bicyclic) bond motifs is 3. The van der Waals surface area contributed by atoms with Gasteiger partial charge in [0, 0.05) is 10.8 Å². The normalized spacial score (nSPS) is 14.3. The second-order valence-electron chi connectivity index (χ2n) is 6.92. The van der Waals surface area contributed by atoms with Crippen molar-refractivity contribution < 1.29 is 14.3 Å². The molecule has 0 N–H and O–H groups in total. The lowest BCUT2D eigenvalue weighted by atomic mass is 10.0. The van der Waals surface area contributed by atoms with Crippen molar-refractivity contribution in [2.24, 2.45) is 0 Å². The van der Waals surface area contributed by atoms with Crippen LogP contribution in [0.1, 0.15) is 20.7 Å². The first-order chi connectivity index (χ1) is 14.2. The van der Waals surface area contributed by atoms with E-state index in [1.807, 2.05) is 48.5 Å². The van der Waals surface area contributed by atoms with E-state index >= 15 is 0 Å². The van der Waals surface area contributed by atoms with Gasteiger partial charge in [-0.15, -0.1) is 0 Å². The van der Waals surface area contributed by atoms with Crippen LogP contribution in [0.5, 0.6) is 5.75 Å². The Kier molecular flexibility index (Phi) is 3.91. The van der Waals surface area contributed by atoms with Crippen molar-refractivity contribution in [3.05, 3.63) is 103 Å². The van der Waals surface area contributed by atoms with E-state index < -0.39 is 6.23 Å². The van der Waals surface area contributed by atoms with Gasteiger partial charge >= 0.3 is 0 Å². The molecule has 0 saturated heterocycles. The van der Waals surface area contributed by atoms with Crippen LogP contribution in [0.3, 0.4) is 0 Å². The van der Waals surface area contributed by atoms with Gasteiger partial charge < -0.3 is 4.74 Å². The number of hydrogen-bond acceptors (Lipinski definition) is 3. The fourth-order valence-electron chi connectivity index (χ4n) is 3.86. The van der Waals surface area contributed by atoms with E-state index in [2.05, 4.69) is 12.6 Å². The number of carbonyl (C=O) groups is 2. The second kappa shape index (κ2) is 6.60. The molecule has 29 heavy (non-hydrogen) atoms. The molecule has 1 aliphatic rings. The molecular weight excluding hydrogens is 362 g/mol. The Bertz CT molecular complexity index is 1220. The maximum atomic E-state index is 12.9. The van der Waals surface area contributed by atoms with Crippen LogP contribution in [0.2, 0.25) is 0 Å². The maximum Gasteiger partial charge on any atom is 0.264 e. The summed E-state index contributed by atoms with van der Waals surface area (Å²) in [5.41, 5.74) is 0.770. The van der Waals surface area contributed by atoms with Crippen molar-refractivity contribution >= 4 is 33.4 Å². The quantitative estimate of drug-likeness (QED) is 0.279. The summed E-state index contributed by atoms with van der Waals surface area (Å²) in [7, 11) is 0. The first kappa shape index (κ1) is 17.2. The SMILES string of the molecule is C=CC(Oc1c2ccccc2cc2ccccc12)N1C(=O)c2ccccc2C1=O. The lowest BCUT2D eigenvalue weighted by molar-refractivity contribution is 0.0381. The van der Waals surface area contributed by atoms with Gasteiger partial charge in [-0.2, -0.15) is 0 Å². The molecule has 1 heterocycles. The summed E-state index contributed by atoms with van der Waals surface area (Å²) in [5.74, 6) is -0.125. The van der Waals surface area contributed by atoms with Gasteiger partial charge in [0.25, 0.3) is 11.8 Å². The van der Waals surface area contributed by atoms with Crippen LogP contribution in [-0.2, 0) is 0 Å². The average molecular weight is 379 g/mol. The van der Waals surface area contributed by atoms with Crippen molar-refractivity contribution in [1.29, 1.82) is 0 Å². The van der Waals surface area contributed by atoms with Gasteiger partial charge in [0.05, 0.1) is 11.1 Å². The van der Waals surface area contributed by atoms with Crippen LogP contribution in [0.15, 0.2) is 91.5 Å². The summed E-state index contributed by atoms with van der Waals surface area (Å²) >= 11 is 0. The molecular formula is C25H17NO3. The Hall–Kier alpha value is -3.92. The molecule has 0 aromatic heterocycles. The molecule has 1 atom stereocenters. The zero-order valence-corrected chi connectivity index (χ0v) is 15.5. The van der Waals surface area contributed by atoms with E-state index in [1.54, 1.807) is 24.3 Å². The summed E-state index contributed by atoms with van der Waals surface area (Å²) in [6, 6.07) is 24.7. The second-order valence-corrected chi connectivity index (χ2v) is 6.92. The standard InChI is InChI=1S/C25H17NO3/c1-2-22(26-24(27)20-13-7-8-14-21(20)25(26)28)29-23-18-11-5-3-9-16(18)15-17-10-4-6-12-19(17)23/h2-15,22H,1H2. The Morgan fingerprint density at radius 1 is 0.759 bits per heavy atom. The first-order valence-electron chi connectivity index (χ1n) is 9.35. The first-order valence-corrected chi connectivity index (χ1v) is 9.35. The molecule has 1 aliphatic heterocycles. The third-order valence-corrected chi connectivity index (χ3v) is 5.24. The van der Waals surface area contributed by atoms with Crippen molar-refractivity contribution in [1.82, 2.24) is 4.90 Å². The lowest BCUT2D eigenvalue weighted by Crippen LogP contribution is -2.42. The van der Waals surface area contributed by atoms with Crippen molar-refractivity contribution in [3.63, 3.8) is 0 Å². The van der Waals surface area contributed by atoms with Crippen molar-refractivity contribution in [2.75, 3.05) is 0 Å². The number of nitrogens with zero attached hydrogens (tertiary/aromatic N) is 1. The number of hydrogen-bond donors (Lipinski definition) is 0. The minimum Gasteiger partial charge on any atom is -0.465 e. The third-order valence-electron chi connectivity index (χ3n) is 5.24. The Morgan fingerprint density at radius 2 is 1.24 bits per heavy atom. The number of ether oxygens (including phenoxy) is 1. The van der Waals surface area contributed by atoms with E-state index in [0.717, 1.165) is 26.4 Å². The number of amides is 2. The molecule has 4 aromatic rings. The third kappa shape index (κ3) is 2.61. The van der Waals surface area contributed by atoms with Gasteiger partial charge in [-0.05, 0) is 35.0 Å². The predicted molar refractivity (Wildman–Crippen MR) is 113 cm³/mol. The highest BCUT2D eigenvalue weighted by atomic mass is 16.5. The van der Waals surface area contributed by atoms with Crippen molar-refractivity contribution in [2.45, 2.75) is 6.23 Å². The van der Waals surface area contributed by atoms with Gasteiger partial charge in [0.1, 0.15) is 5.75 Å². The molecule has 4 heteroatoms. The summed E-state index contributed by atoms with van der Waals surface area (Å²) in [6.45, 7) is 3.82. The van der Waals surface area contributed by atoms with Gasteiger partial charge in [-0.3, -0.25) is 9.59 Å². The summed E-state index contributed by atoms with van der Waals surface area (Å²) < 4.78 is 6.31. The monoisotopic (exact) mass is 379 g/mol. The van der Waals surface area contributed by atoms with Crippen LogP contribution in [-0.4, -0.2) is 22.9 Å². The molecule has 2 amide bonds. The fourth-order valence-corrected chi connectivity index (χ4v) is 3.86. The van der Waals surface area contributed by atoms with Crippen LogP contribution in [0, 0.1) is 0 Å². The van der Waals surface area contributed by atoms with E-state index in [9.17, 15) is 9.59 Å². The number of rotatable bonds is 4. The molecule has 0 saturated carbocycles. The molecule has 4 aromatic carbocycles. The van der Waals surface area contributed by atoms with Crippen molar-refractivity contribution in [3.8, 4) is 5.75 Å². The maximum absolute atomic E-state index is 12.9. The summed E-state index contributed by atoms with van der Waals surface area (Å²) in [6.07, 6.45) is 0.565. The highest BCUT2D eigenvalue weighted by molar-refractivity contribution is 6.21. The van der Waals surface area contributed by atoms with Crippen LogP contribution in [0.25, 0.3) is 21.5 Å². The van der Waals surface area contributed by atoms with Gasteiger partial charge in [0.2, 0.25) is 6.23 Å². The van der Waals surface area contributed by atoms with Crippen LogP contribution in [0.4, 0.5) is 0 Å².